The predicted octanol–water partition coefficient (Wildman–Crippen LogP) is 1.22. The van der Waals surface area contributed by atoms with E-state index in [-0.39, 0.29) is 24.6 Å². The van der Waals surface area contributed by atoms with Gasteiger partial charge in [0.2, 0.25) is 0 Å². The number of piperazine rings is 1. The minimum absolute atomic E-state index is 0.102. The monoisotopic (exact) mass is 384 g/mol. The van der Waals surface area contributed by atoms with Gasteiger partial charge in [-0.25, -0.2) is 8.42 Å². The number of amides is 2. The van der Waals surface area contributed by atoms with Crippen LogP contribution in [0.3, 0.4) is 0 Å². The molecule has 0 spiro atoms. The Kier molecular flexibility index (Phi) is 4.47. The third-order valence-corrected chi connectivity index (χ3v) is 6.89. The molecular formula is C20H20N2O4S. The number of carbonyl (C=O) groups is 2. The fourth-order valence-electron chi connectivity index (χ4n) is 3.89. The minimum atomic E-state index is -3.31. The van der Waals surface area contributed by atoms with Crippen molar-refractivity contribution < 1.29 is 18.0 Å². The maximum absolute atomic E-state index is 12.8. The van der Waals surface area contributed by atoms with Crippen molar-refractivity contribution in [1.82, 2.24) is 9.80 Å². The molecule has 2 aliphatic rings. The van der Waals surface area contributed by atoms with E-state index in [2.05, 4.69) is 0 Å². The van der Waals surface area contributed by atoms with Crippen LogP contribution < -0.4 is 0 Å². The highest BCUT2D eigenvalue weighted by Gasteiger charge is 2.52. The number of fused-ring (bicyclic) bond motifs is 1. The van der Waals surface area contributed by atoms with Crippen LogP contribution in [0.4, 0.5) is 0 Å². The maximum atomic E-state index is 12.8. The third kappa shape index (κ3) is 3.47. The number of sulfone groups is 1. The molecule has 0 aromatic heterocycles. The second kappa shape index (κ2) is 6.81. The number of hydrogen-bond donors (Lipinski definition) is 0. The SMILES string of the molecule is O=C1C(=O)N(Cc2ccccc2)[C@H]2CS(=O)(=O)C[C@@H]2N1Cc1ccccc1. The lowest BCUT2D eigenvalue weighted by Gasteiger charge is -2.43. The van der Waals surface area contributed by atoms with Crippen molar-refractivity contribution in [2.75, 3.05) is 11.5 Å². The Morgan fingerprint density at radius 2 is 1.07 bits per heavy atom. The van der Waals surface area contributed by atoms with Crippen molar-refractivity contribution in [2.45, 2.75) is 25.2 Å². The average Bonchev–Trinajstić information content (AvgIpc) is 2.99. The summed E-state index contributed by atoms with van der Waals surface area (Å²) >= 11 is 0. The van der Waals surface area contributed by atoms with Gasteiger partial charge in [-0.05, 0) is 11.1 Å². The molecule has 7 heteroatoms. The summed E-state index contributed by atoms with van der Waals surface area (Å²) in [6, 6.07) is 17.6. The topological polar surface area (TPSA) is 74.8 Å². The molecule has 2 amide bonds. The van der Waals surface area contributed by atoms with Crippen LogP contribution in [0.15, 0.2) is 60.7 Å². The van der Waals surface area contributed by atoms with Crippen LogP contribution in [-0.2, 0) is 32.5 Å². The highest BCUT2D eigenvalue weighted by atomic mass is 32.2. The van der Waals surface area contributed by atoms with Crippen molar-refractivity contribution in [3.8, 4) is 0 Å². The molecule has 0 unspecified atom stereocenters. The van der Waals surface area contributed by atoms with Gasteiger partial charge in [0.05, 0.1) is 23.6 Å². The molecule has 2 aromatic rings. The first-order valence-electron chi connectivity index (χ1n) is 8.84. The summed E-state index contributed by atoms with van der Waals surface area (Å²) in [6.45, 7) is 0.475. The molecule has 2 saturated heterocycles. The first-order chi connectivity index (χ1) is 12.9. The Morgan fingerprint density at radius 1 is 0.704 bits per heavy atom. The second-order valence-corrected chi connectivity index (χ2v) is 9.20. The number of hydrogen-bond acceptors (Lipinski definition) is 4. The fourth-order valence-corrected chi connectivity index (χ4v) is 5.87. The molecule has 4 rings (SSSR count). The minimum Gasteiger partial charge on any atom is -0.324 e. The molecule has 0 radical (unpaired) electrons. The van der Waals surface area contributed by atoms with Gasteiger partial charge in [0.25, 0.3) is 0 Å². The summed E-state index contributed by atoms with van der Waals surface area (Å²) in [5, 5.41) is 0. The van der Waals surface area contributed by atoms with Gasteiger partial charge in [0.15, 0.2) is 9.84 Å². The quantitative estimate of drug-likeness (QED) is 0.743. The van der Waals surface area contributed by atoms with E-state index in [0.29, 0.717) is 0 Å². The predicted molar refractivity (Wildman–Crippen MR) is 100 cm³/mol. The number of benzene rings is 2. The Labute approximate surface area is 158 Å². The zero-order chi connectivity index (χ0) is 19.0. The van der Waals surface area contributed by atoms with Crippen molar-refractivity contribution in [3.05, 3.63) is 71.8 Å². The third-order valence-electron chi connectivity index (χ3n) is 5.19. The lowest BCUT2D eigenvalue weighted by Crippen LogP contribution is -2.63. The summed E-state index contributed by atoms with van der Waals surface area (Å²) in [6.07, 6.45) is 0. The van der Waals surface area contributed by atoms with Gasteiger partial charge in [-0.15, -0.1) is 0 Å². The van der Waals surface area contributed by atoms with E-state index in [9.17, 15) is 18.0 Å². The highest BCUT2D eigenvalue weighted by molar-refractivity contribution is 7.91. The number of rotatable bonds is 4. The van der Waals surface area contributed by atoms with Crippen molar-refractivity contribution in [2.24, 2.45) is 0 Å². The maximum Gasteiger partial charge on any atom is 0.312 e. The molecule has 2 fully saturated rings. The lowest BCUT2D eigenvalue weighted by molar-refractivity contribution is -0.162. The molecule has 0 aliphatic carbocycles. The Hall–Kier alpha value is -2.67. The lowest BCUT2D eigenvalue weighted by atomic mass is 10.0. The molecule has 0 bridgehead atoms. The van der Waals surface area contributed by atoms with Crippen LogP contribution in [0.1, 0.15) is 11.1 Å². The van der Waals surface area contributed by atoms with Gasteiger partial charge >= 0.3 is 11.8 Å². The zero-order valence-electron chi connectivity index (χ0n) is 14.7. The summed E-state index contributed by atoms with van der Waals surface area (Å²) in [5.74, 6) is -1.47. The van der Waals surface area contributed by atoms with E-state index in [0.717, 1.165) is 11.1 Å². The average molecular weight is 384 g/mol. The summed E-state index contributed by atoms with van der Waals surface area (Å²) < 4.78 is 24.7. The van der Waals surface area contributed by atoms with Crippen LogP contribution in [0.25, 0.3) is 0 Å². The molecule has 6 nitrogen and oxygen atoms in total. The van der Waals surface area contributed by atoms with Crippen LogP contribution in [0.2, 0.25) is 0 Å². The van der Waals surface area contributed by atoms with E-state index in [1.807, 2.05) is 60.7 Å². The van der Waals surface area contributed by atoms with E-state index in [4.69, 9.17) is 0 Å². The summed E-state index contributed by atoms with van der Waals surface area (Å²) in [4.78, 5) is 28.5. The molecule has 140 valence electrons. The van der Waals surface area contributed by atoms with Crippen LogP contribution >= 0.6 is 0 Å². The largest absolute Gasteiger partial charge is 0.324 e. The second-order valence-electron chi connectivity index (χ2n) is 7.05. The van der Waals surface area contributed by atoms with Gasteiger partial charge in [-0.2, -0.15) is 0 Å². The van der Waals surface area contributed by atoms with Crippen molar-refractivity contribution in [3.63, 3.8) is 0 Å². The highest BCUT2D eigenvalue weighted by Crippen LogP contribution is 2.30. The Bertz CT molecular complexity index is 886. The summed E-state index contributed by atoms with van der Waals surface area (Å²) in [7, 11) is -3.31. The van der Waals surface area contributed by atoms with Gasteiger partial charge in [0, 0.05) is 13.1 Å². The van der Waals surface area contributed by atoms with Crippen LogP contribution in [-0.4, -0.2) is 53.6 Å². The molecule has 0 N–H and O–H groups in total. The van der Waals surface area contributed by atoms with Crippen molar-refractivity contribution >= 4 is 21.7 Å². The van der Waals surface area contributed by atoms with E-state index >= 15 is 0 Å². The Morgan fingerprint density at radius 3 is 1.44 bits per heavy atom. The number of nitrogens with zero attached hydrogens (tertiary/aromatic N) is 2. The van der Waals surface area contributed by atoms with Gasteiger partial charge in [-0.3, -0.25) is 9.59 Å². The van der Waals surface area contributed by atoms with E-state index < -0.39 is 33.7 Å². The smallest absolute Gasteiger partial charge is 0.312 e. The Balaban J connectivity index is 1.66. The van der Waals surface area contributed by atoms with Gasteiger partial charge in [-0.1, -0.05) is 60.7 Å². The van der Waals surface area contributed by atoms with Gasteiger partial charge in [0.1, 0.15) is 0 Å². The first kappa shape index (κ1) is 17.7. The molecule has 27 heavy (non-hydrogen) atoms. The molecule has 2 aliphatic heterocycles. The fraction of sp³-hybridized carbons (Fsp3) is 0.300. The molecular weight excluding hydrogens is 364 g/mol. The molecule has 2 heterocycles. The zero-order valence-corrected chi connectivity index (χ0v) is 15.5. The number of carbonyl (C=O) groups excluding carboxylic acids is 2. The van der Waals surface area contributed by atoms with Crippen molar-refractivity contribution in [1.29, 1.82) is 0 Å². The van der Waals surface area contributed by atoms with E-state index in [1.54, 1.807) is 0 Å². The molecule has 2 atom stereocenters. The summed E-state index contributed by atoms with van der Waals surface area (Å²) in [5.41, 5.74) is 1.75. The van der Waals surface area contributed by atoms with Crippen LogP contribution in [0.5, 0.6) is 0 Å². The van der Waals surface area contributed by atoms with Gasteiger partial charge < -0.3 is 9.80 Å². The first-order valence-corrected chi connectivity index (χ1v) is 10.7. The van der Waals surface area contributed by atoms with E-state index in [1.165, 1.54) is 9.80 Å². The van der Waals surface area contributed by atoms with Crippen LogP contribution in [0, 0.1) is 0 Å². The molecule has 0 saturated carbocycles. The molecule has 2 aromatic carbocycles. The standard InChI is InChI=1S/C20H20N2O4S/c23-19-20(24)22(12-16-9-5-2-6-10-16)18-14-27(25,26)13-17(18)21(19)11-15-7-3-1-4-8-15/h1-10,17-18H,11-14H2/t17-,18-/m0/s1. The normalized spacial score (nSPS) is 24.1.